The molecule has 6 heteroatoms. The molecule has 0 aliphatic carbocycles. The number of amides is 1. The van der Waals surface area contributed by atoms with Crippen LogP contribution in [0.25, 0.3) is 11.3 Å². The van der Waals surface area contributed by atoms with Gasteiger partial charge in [-0.15, -0.1) is 11.3 Å². The van der Waals surface area contributed by atoms with E-state index in [1.165, 1.54) is 11.3 Å². The second-order valence-electron chi connectivity index (χ2n) is 5.82. The van der Waals surface area contributed by atoms with E-state index >= 15 is 0 Å². The number of carbonyl (C=O) groups is 1. The molecule has 0 radical (unpaired) electrons. The molecule has 1 heterocycles. The van der Waals surface area contributed by atoms with E-state index < -0.39 is 0 Å². The molecule has 134 valence electrons. The maximum absolute atomic E-state index is 12.7. The fourth-order valence-electron chi connectivity index (χ4n) is 2.61. The summed E-state index contributed by atoms with van der Waals surface area (Å²) >= 11 is 1.41. The largest absolute Gasteiger partial charge is 0.497 e. The Morgan fingerprint density at radius 2 is 1.92 bits per heavy atom. The van der Waals surface area contributed by atoms with Crippen LogP contribution in [-0.4, -0.2) is 32.2 Å². The first kappa shape index (κ1) is 17.9. The van der Waals surface area contributed by atoms with Crippen molar-refractivity contribution >= 4 is 22.4 Å². The van der Waals surface area contributed by atoms with Crippen molar-refractivity contribution in [3.8, 4) is 22.8 Å². The van der Waals surface area contributed by atoms with E-state index in [1.807, 2.05) is 54.8 Å². The highest BCUT2D eigenvalue weighted by Crippen LogP contribution is 2.35. The van der Waals surface area contributed by atoms with Gasteiger partial charge in [-0.3, -0.25) is 9.69 Å². The van der Waals surface area contributed by atoms with E-state index in [9.17, 15) is 4.79 Å². The van der Waals surface area contributed by atoms with Crippen LogP contribution >= 0.6 is 11.3 Å². The molecule has 0 atom stereocenters. The molecule has 0 N–H and O–H groups in total. The highest BCUT2D eigenvalue weighted by Gasteiger charge is 2.18. The number of hydrogen-bond acceptors (Lipinski definition) is 5. The van der Waals surface area contributed by atoms with Crippen molar-refractivity contribution in [2.45, 2.75) is 6.92 Å². The number of ether oxygens (including phenoxy) is 2. The Labute approximate surface area is 156 Å². The summed E-state index contributed by atoms with van der Waals surface area (Å²) in [4.78, 5) is 18.9. The SMILES string of the molecule is COc1ccc(OC)c(-c2csc(N(C)C(=O)c3cccc(C)c3)n2)c1. The standard InChI is InChI=1S/C20H20N2O3S/c1-13-6-5-7-14(10-13)19(23)22(2)20-21-17(12-26-20)16-11-15(24-3)8-9-18(16)25-4/h5-12H,1-4H3. The Bertz CT molecular complexity index is 936. The zero-order chi connectivity index (χ0) is 18.7. The Morgan fingerprint density at radius 3 is 2.62 bits per heavy atom. The minimum atomic E-state index is -0.0905. The molecule has 0 fully saturated rings. The third-order valence-corrected chi connectivity index (χ3v) is 4.95. The van der Waals surface area contributed by atoms with Crippen molar-refractivity contribution in [3.63, 3.8) is 0 Å². The maximum Gasteiger partial charge on any atom is 0.259 e. The van der Waals surface area contributed by atoms with E-state index in [1.54, 1.807) is 26.2 Å². The predicted octanol–water partition coefficient (Wildman–Crippen LogP) is 4.41. The van der Waals surface area contributed by atoms with Crippen LogP contribution in [0.2, 0.25) is 0 Å². The molecular formula is C20H20N2O3S. The van der Waals surface area contributed by atoms with Crippen LogP contribution in [0.4, 0.5) is 5.13 Å². The maximum atomic E-state index is 12.7. The second-order valence-corrected chi connectivity index (χ2v) is 6.65. The molecular weight excluding hydrogens is 348 g/mol. The van der Waals surface area contributed by atoms with Crippen LogP contribution in [0.15, 0.2) is 47.8 Å². The molecule has 1 amide bonds. The van der Waals surface area contributed by atoms with Gasteiger partial charge in [-0.05, 0) is 37.3 Å². The van der Waals surface area contributed by atoms with Gasteiger partial charge in [-0.1, -0.05) is 17.7 Å². The number of aryl methyl sites for hydroxylation is 1. The third kappa shape index (κ3) is 3.55. The highest BCUT2D eigenvalue weighted by molar-refractivity contribution is 7.14. The van der Waals surface area contributed by atoms with Crippen LogP contribution < -0.4 is 14.4 Å². The molecule has 0 bridgehead atoms. The molecule has 0 saturated heterocycles. The molecule has 0 spiro atoms. The summed E-state index contributed by atoms with van der Waals surface area (Å²) in [6, 6.07) is 13.1. The van der Waals surface area contributed by atoms with Crippen molar-refractivity contribution in [1.29, 1.82) is 0 Å². The summed E-state index contributed by atoms with van der Waals surface area (Å²) in [5.41, 5.74) is 3.25. The Balaban J connectivity index is 1.91. The van der Waals surface area contributed by atoms with Crippen molar-refractivity contribution < 1.29 is 14.3 Å². The molecule has 3 rings (SSSR count). The molecule has 1 aromatic heterocycles. The van der Waals surface area contributed by atoms with Gasteiger partial charge in [0.1, 0.15) is 11.5 Å². The topological polar surface area (TPSA) is 51.7 Å². The zero-order valence-electron chi connectivity index (χ0n) is 15.1. The molecule has 2 aromatic carbocycles. The summed E-state index contributed by atoms with van der Waals surface area (Å²) < 4.78 is 10.7. The summed E-state index contributed by atoms with van der Waals surface area (Å²) in [5, 5.41) is 2.53. The normalized spacial score (nSPS) is 10.5. The average molecular weight is 368 g/mol. The first-order chi connectivity index (χ1) is 12.5. The van der Waals surface area contributed by atoms with E-state index in [0.29, 0.717) is 16.4 Å². The van der Waals surface area contributed by atoms with E-state index in [2.05, 4.69) is 4.98 Å². The highest BCUT2D eigenvalue weighted by atomic mass is 32.1. The van der Waals surface area contributed by atoms with Crippen LogP contribution in [0.1, 0.15) is 15.9 Å². The molecule has 3 aromatic rings. The van der Waals surface area contributed by atoms with Gasteiger partial charge in [-0.25, -0.2) is 4.98 Å². The van der Waals surface area contributed by atoms with E-state index in [4.69, 9.17) is 9.47 Å². The first-order valence-corrected chi connectivity index (χ1v) is 8.94. The Hall–Kier alpha value is -2.86. The third-order valence-electron chi connectivity index (χ3n) is 4.03. The van der Waals surface area contributed by atoms with Crippen LogP contribution in [0.5, 0.6) is 11.5 Å². The van der Waals surface area contributed by atoms with Gasteiger partial charge < -0.3 is 9.47 Å². The minimum Gasteiger partial charge on any atom is -0.497 e. The number of thiazole rings is 1. The Kier molecular flexibility index (Phi) is 5.23. The van der Waals surface area contributed by atoms with Crippen LogP contribution in [0, 0.1) is 6.92 Å². The number of aromatic nitrogens is 1. The van der Waals surface area contributed by atoms with Crippen LogP contribution in [-0.2, 0) is 0 Å². The molecule has 0 aliphatic heterocycles. The van der Waals surface area contributed by atoms with Gasteiger partial charge in [0, 0.05) is 23.6 Å². The summed E-state index contributed by atoms with van der Waals surface area (Å²) in [6.07, 6.45) is 0. The smallest absolute Gasteiger partial charge is 0.259 e. The van der Waals surface area contributed by atoms with Gasteiger partial charge >= 0.3 is 0 Å². The number of nitrogens with zero attached hydrogens (tertiary/aromatic N) is 2. The zero-order valence-corrected chi connectivity index (χ0v) is 16.0. The lowest BCUT2D eigenvalue weighted by atomic mass is 10.1. The fourth-order valence-corrected chi connectivity index (χ4v) is 3.40. The summed E-state index contributed by atoms with van der Waals surface area (Å²) in [5.74, 6) is 1.34. The number of carbonyl (C=O) groups excluding carboxylic acids is 1. The van der Waals surface area contributed by atoms with Crippen molar-refractivity contribution in [2.75, 3.05) is 26.2 Å². The lowest BCUT2D eigenvalue weighted by Crippen LogP contribution is -2.26. The monoisotopic (exact) mass is 368 g/mol. The quantitative estimate of drug-likeness (QED) is 0.669. The first-order valence-electron chi connectivity index (χ1n) is 8.06. The molecule has 5 nitrogen and oxygen atoms in total. The second kappa shape index (κ2) is 7.58. The minimum absolute atomic E-state index is 0.0905. The lowest BCUT2D eigenvalue weighted by Gasteiger charge is -2.14. The fraction of sp³-hybridized carbons (Fsp3) is 0.200. The lowest BCUT2D eigenvalue weighted by molar-refractivity contribution is 0.0993. The molecule has 0 unspecified atom stereocenters. The van der Waals surface area contributed by atoms with E-state index in [0.717, 1.165) is 22.6 Å². The Morgan fingerprint density at radius 1 is 1.12 bits per heavy atom. The van der Waals surface area contributed by atoms with E-state index in [-0.39, 0.29) is 5.91 Å². The van der Waals surface area contributed by atoms with Gasteiger partial charge in [-0.2, -0.15) is 0 Å². The number of benzene rings is 2. The predicted molar refractivity (Wildman–Crippen MR) is 105 cm³/mol. The average Bonchev–Trinajstić information content (AvgIpc) is 3.16. The summed E-state index contributed by atoms with van der Waals surface area (Å²) in [6.45, 7) is 1.97. The van der Waals surface area contributed by atoms with Gasteiger partial charge in [0.05, 0.1) is 19.9 Å². The molecule has 0 aliphatic rings. The van der Waals surface area contributed by atoms with Gasteiger partial charge in [0.25, 0.3) is 5.91 Å². The van der Waals surface area contributed by atoms with Crippen LogP contribution in [0.3, 0.4) is 0 Å². The van der Waals surface area contributed by atoms with Crippen molar-refractivity contribution in [1.82, 2.24) is 4.98 Å². The van der Waals surface area contributed by atoms with Gasteiger partial charge in [0.2, 0.25) is 0 Å². The molecule has 26 heavy (non-hydrogen) atoms. The van der Waals surface area contributed by atoms with Crippen molar-refractivity contribution in [2.24, 2.45) is 0 Å². The number of hydrogen-bond donors (Lipinski definition) is 0. The van der Waals surface area contributed by atoms with Gasteiger partial charge in [0.15, 0.2) is 5.13 Å². The number of rotatable bonds is 5. The molecule has 0 saturated carbocycles. The number of methoxy groups -OCH3 is 2. The van der Waals surface area contributed by atoms with Crippen molar-refractivity contribution in [3.05, 3.63) is 59.0 Å². The summed E-state index contributed by atoms with van der Waals surface area (Å²) in [7, 11) is 4.97. The number of anilines is 1.